The fourth-order valence-electron chi connectivity index (χ4n) is 1.86. The first kappa shape index (κ1) is 13.4. The van der Waals surface area contributed by atoms with Crippen molar-refractivity contribution in [1.82, 2.24) is 10.2 Å². The summed E-state index contributed by atoms with van der Waals surface area (Å²) in [5.41, 5.74) is 6.86. The van der Waals surface area contributed by atoms with Gasteiger partial charge in [0, 0.05) is 29.3 Å². The number of carbonyl (C=O) groups excluding carboxylic acids is 1. The molecule has 5 heteroatoms. The molecular formula is C13H18BrN3O. The van der Waals surface area contributed by atoms with Crippen LogP contribution in [0.25, 0.3) is 0 Å². The first-order valence-electron chi connectivity index (χ1n) is 6.11. The Morgan fingerprint density at radius 1 is 1.56 bits per heavy atom. The van der Waals surface area contributed by atoms with Gasteiger partial charge >= 0.3 is 0 Å². The molecule has 1 saturated carbocycles. The van der Waals surface area contributed by atoms with E-state index < -0.39 is 0 Å². The second kappa shape index (κ2) is 5.71. The molecular weight excluding hydrogens is 294 g/mol. The van der Waals surface area contributed by atoms with E-state index in [0.29, 0.717) is 17.8 Å². The van der Waals surface area contributed by atoms with Crippen LogP contribution in [0.4, 0.5) is 5.69 Å². The van der Waals surface area contributed by atoms with E-state index in [-0.39, 0.29) is 5.91 Å². The number of rotatable bonds is 5. The molecule has 0 radical (unpaired) electrons. The second-order valence-corrected chi connectivity index (χ2v) is 5.56. The monoisotopic (exact) mass is 311 g/mol. The van der Waals surface area contributed by atoms with Crippen molar-refractivity contribution >= 4 is 27.5 Å². The van der Waals surface area contributed by atoms with Gasteiger partial charge in [0.1, 0.15) is 0 Å². The molecule has 98 valence electrons. The quantitative estimate of drug-likeness (QED) is 0.816. The highest BCUT2D eigenvalue weighted by atomic mass is 79.9. The van der Waals surface area contributed by atoms with E-state index in [0.717, 1.165) is 17.1 Å². The Labute approximate surface area is 116 Å². The zero-order valence-electron chi connectivity index (χ0n) is 10.4. The number of hydrogen-bond acceptors (Lipinski definition) is 3. The van der Waals surface area contributed by atoms with Crippen molar-refractivity contribution in [3.05, 3.63) is 28.2 Å². The molecule has 0 aliphatic heterocycles. The SMILES string of the molecule is CN(CCNC(=O)c1cc(N)ccc1Br)C1CC1. The minimum atomic E-state index is -0.0848. The summed E-state index contributed by atoms with van der Waals surface area (Å²) in [7, 11) is 2.10. The highest BCUT2D eigenvalue weighted by molar-refractivity contribution is 9.10. The van der Waals surface area contributed by atoms with Crippen LogP contribution in [0, 0.1) is 0 Å². The largest absolute Gasteiger partial charge is 0.399 e. The van der Waals surface area contributed by atoms with Gasteiger partial charge < -0.3 is 16.0 Å². The van der Waals surface area contributed by atoms with Gasteiger partial charge in [-0.05, 0) is 54.0 Å². The number of amides is 1. The number of likely N-dealkylation sites (N-methyl/N-ethyl adjacent to an activating group) is 1. The average Bonchev–Trinajstić information content (AvgIpc) is 3.16. The molecule has 3 N–H and O–H groups in total. The molecule has 4 nitrogen and oxygen atoms in total. The summed E-state index contributed by atoms with van der Waals surface area (Å²) in [6.45, 7) is 1.55. The average molecular weight is 312 g/mol. The summed E-state index contributed by atoms with van der Waals surface area (Å²) in [6, 6.07) is 5.97. The molecule has 1 fully saturated rings. The topological polar surface area (TPSA) is 58.4 Å². The number of carbonyl (C=O) groups is 1. The third-order valence-corrected chi connectivity index (χ3v) is 3.85. The Morgan fingerprint density at radius 3 is 2.94 bits per heavy atom. The zero-order chi connectivity index (χ0) is 13.1. The van der Waals surface area contributed by atoms with E-state index >= 15 is 0 Å². The van der Waals surface area contributed by atoms with Gasteiger partial charge in [0.25, 0.3) is 5.91 Å². The number of benzene rings is 1. The lowest BCUT2D eigenvalue weighted by atomic mass is 10.2. The number of nitrogens with two attached hydrogens (primary N) is 1. The Kier molecular flexibility index (Phi) is 4.24. The highest BCUT2D eigenvalue weighted by Gasteiger charge is 2.25. The minimum absolute atomic E-state index is 0.0848. The van der Waals surface area contributed by atoms with E-state index in [4.69, 9.17) is 5.73 Å². The van der Waals surface area contributed by atoms with Crippen molar-refractivity contribution in [2.75, 3.05) is 25.9 Å². The maximum atomic E-state index is 12.0. The Hall–Kier alpha value is -1.07. The van der Waals surface area contributed by atoms with E-state index in [1.54, 1.807) is 18.2 Å². The van der Waals surface area contributed by atoms with Crippen molar-refractivity contribution < 1.29 is 4.79 Å². The van der Waals surface area contributed by atoms with Crippen LogP contribution in [0.3, 0.4) is 0 Å². The number of hydrogen-bond donors (Lipinski definition) is 2. The van der Waals surface area contributed by atoms with Crippen molar-refractivity contribution in [3.8, 4) is 0 Å². The van der Waals surface area contributed by atoms with Crippen LogP contribution in [-0.4, -0.2) is 37.0 Å². The predicted octanol–water partition coefficient (Wildman–Crippen LogP) is 1.86. The van der Waals surface area contributed by atoms with Gasteiger partial charge in [0.15, 0.2) is 0 Å². The van der Waals surface area contributed by atoms with Gasteiger partial charge in [-0.25, -0.2) is 0 Å². The molecule has 0 atom stereocenters. The van der Waals surface area contributed by atoms with E-state index in [9.17, 15) is 4.79 Å². The molecule has 0 unspecified atom stereocenters. The van der Waals surface area contributed by atoms with Crippen LogP contribution in [0.15, 0.2) is 22.7 Å². The van der Waals surface area contributed by atoms with Crippen molar-refractivity contribution in [3.63, 3.8) is 0 Å². The first-order chi connectivity index (χ1) is 8.58. The lowest BCUT2D eigenvalue weighted by Crippen LogP contribution is -2.34. The van der Waals surface area contributed by atoms with Crippen molar-refractivity contribution in [2.45, 2.75) is 18.9 Å². The fraction of sp³-hybridized carbons (Fsp3) is 0.462. The molecule has 0 aromatic heterocycles. The third-order valence-electron chi connectivity index (χ3n) is 3.16. The van der Waals surface area contributed by atoms with Crippen LogP contribution in [0.2, 0.25) is 0 Å². The molecule has 2 rings (SSSR count). The lowest BCUT2D eigenvalue weighted by Gasteiger charge is -2.16. The molecule has 0 spiro atoms. The highest BCUT2D eigenvalue weighted by Crippen LogP contribution is 2.24. The summed E-state index contributed by atoms with van der Waals surface area (Å²) in [5, 5.41) is 2.91. The molecule has 1 aliphatic carbocycles. The zero-order valence-corrected chi connectivity index (χ0v) is 12.0. The molecule has 0 heterocycles. The molecule has 18 heavy (non-hydrogen) atoms. The molecule has 1 aromatic rings. The summed E-state index contributed by atoms with van der Waals surface area (Å²) in [5.74, 6) is -0.0848. The van der Waals surface area contributed by atoms with Crippen molar-refractivity contribution in [2.24, 2.45) is 0 Å². The fourth-order valence-corrected chi connectivity index (χ4v) is 2.28. The van der Waals surface area contributed by atoms with Crippen LogP contribution >= 0.6 is 15.9 Å². The predicted molar refractivity (Wildman–Crippen MR) is 76.5 cm³/mol. The summed E-state index contributed by atoms with van der Waals surface area (Å²) in [4.78, 5) is 14.3. The van der Waals surface area contributed by atoms with E-state index in [2.05, 4.69) is 33.2 Å². The van der Waals surface area contributed by atoms with Gasteiger partial charge in [-0.2, -0.15) is 0 Å². The maximum Gasteiger partial charge on any atom is 0.252 e. The Morgan fingerprint density at radius 2 is 2.28 bits per heavy atom. The lowest BCUT2D eigenvalue weighted by molar-refractivity contribution is 0.0948. The minimum Gasteiger partial charge on any atom is -0.399 e. The van der Waals surface area contributed by atoms with Gasteiger partial charge in [0.05, 0.1) is 5.56 Å². The van der Waals surface area contributed by atoms with Crippen LogP contribution in [0.1, 0.15) is 23.2 Å². The Balaban J connectivity index is 1.85. The number of nitrogens with one attached hydrogen (secondary N) is 1. The smallest absolute Gasteiger partial charge is 0.252 e. The molecule has 0 bridgehead atoms. The molecule has 0 saturated heterocycles. The van der Waals surface area contributed by atoms with Crippen molar-refractivity contribution in [1.29, 1.82) is 0 Å². The van der Waals surface area contributed by atoms with Gasteiger partial charge in [0.2, 0.25) is 0 Å². The maximum absolute atomic E-state index is 12.0. The van der Waals surface area contributed by atoms with Gasteiger partial charge in [-0.3, -0.25) is 4.79 Å². The van der Waals surface area contributed by atoms with Gasteiger partial charge in [-0.1, -0.05) is 0 Å². The van der Waals surface area contributed by atoms with E-state index in [1.165, 1.54) is 12.8 Å². The van der Waals surface area contributed by atoms with Crippen LogP contribution < -0.4 is 11.1 Å². The number of halogens is 1. The Bertz CT molecular complexity index is 446. The number of nitrogen functional groups attached to an aromatic ring is 1. The standard InChI is InChI=1S/C13H18BrN3O/c1-17(10-3-4-10)7-6-16-13(18)11-8-9(15)2-5-12(11)14/h2,5,8,10H,3-4,6-7,15H2,1H3,(H,16,18). The third kappa shape index (κ3) is 3.46. The molecule has 1 aliphatic rings. The number of anilines is 1. The molecule has 1 aromatic carbocycles. The summed E-state index contributed by atoms with van der Waals surface area (Å²) < 4.78 is 0.768. The summed E-state index contributed by atoms with van der Waals surface area (Å²) >= 11 is 3.36. The number of nitrogens with zero attached hydrogens (tertiary/aromatic N) is 1. The first-order valence-corrected chi connectivity index (χ1v) is 6.90. The summed E-state index contributed by atoms with van der Waals surface area (Å²) in [6.07, 6.45) is 2.57. The normalized spacial score (nSPS) is 14.8. The van der Waals surface area contributed by atoms with Crippen LogP contribution in [0.5, 0.6) is 0 Å². The van der Waals surface area contributed by atoms with E-state index in [1.807, 2.05) is 0 Å². The molecule has 1 amide bonds. The van der Waals surface area contributed by atoms with Gasteiger partial charge in [-0.15, -0.1) is 0 Å². The van der Waals surface area contributed by atoms with Crippen LogP contribution in [-0.2, 0) is 0 Å². The second-order valence-electron chi connectivity index (χ2n) is 4.71.